The third-order valence-corrected chi connectivity index (χ3v) is 3.48. The summed E-state index contributed by atoms with van der Waals surface area (Å²) in [4.78, 5) is 0. The number of aliphatic hydroxyl groups excluding tert-OH is 1. The van der Waals surface area contributed by atoms with Gasteiger partial charge in [-0.05, 0) is 32.1 Å². The highest BCUT2D eigenvalue weighted by atomic mass is 16.5. The minimum Gasteiger partial charge on any atom is -0.392 e. The summed E-state index contributed by atoms with van der Waals surface area (Å²) in [6.45, 7) is 6.77. The summed E-state index contributed by atoms with van der Waals surface area (Å²) in [5.74, 6) is 0.430. The van der Waals surface area contributed by atoms with Gasteiger partial charge in [-0.25, -0.2) is 0 Å². The molecule has 3 nitrogen and oxygen atoms in total. The zero-order valence-electron chi connectivity index (χ0n) is 10.7. The molecule has 2 N–H and O–H groups in total. The first kappa shape index (κ1) is 13.9. The summed E-state index contributed by atoms with van der Waals surface area (Å²) < 4.78 is 5.30. The fraction of sp³-hybridized carbons (Fsp3) is 1.00. The molecule has 0 aromatic rings. The summed E-state index contributed by atoms with van der Waals surface area (Å²) >= 11 is 0. The number of rotatable bonds is 7. The van der Waals surface area contributed by atoms with Gasteiger partial charge in [-0.3, -0.25) is 0 Å². The molecule has 1 aliphatic rings. The van der Waals surface area contributed by atoms with E-state index in [-0.39, 0.29) is 6.10 Å². The second-order valence-electron chi connectivity index (χ2n) is 4.97. The highest BCUT2D eigenvalue weighted by Crippen LogP contribution is 2.18. The van der Waals surface area contributed by atoms with Gasteiger partial charge in [-0.2, -0.15) is 0 Å². The predicted molar refractivity (Wildman–Crippen MR) is 66.5 cm³/mol. The molecule has 0 amide bonds. The van der Waals surface area contributed by atoms with Gasteiger partial charge in [-0.15, -0.1) is 0 Å². The predicted octanol–water partition coefficient (Wildman–Crippen LogP) is 1.94. The van der Waals surface area contributed by atoms with E-state index < -0.39 is 0 Å². The molecule has 1 aliphatic heterocycles. The van der Waals surface area contributed by atoms with Gasteiger partial charge in [0.15, 0.2) is 0 Å². The first-order valence-electron chi connectivity index (χ1n) is 6.73. The Morgan fingerprint density at radius 2 is 2.06 bits per heavy atom. The van der Waals surface area contributed by atoms with Crippen LogP contribution in [0.2, 0.25) is 0 Å². The highest BCUT2D eigenvalue weighted by molar-refractivity contribution is 4.75. The first-order chi connectivity index (χ1) is 7.74. The quantitative estimate of drug-likeness (QED) is 0.701. The molecule has 16 heavy (non-hydrogen) atoms. The van der Waals surface area contributed by atoms with Crippen molar-refractivity contribution in [2.24, 2.45) is 5.92 Å². The molecule has 0 aromatic carbocycles. The van der Waals surface area contributed by atoms with Gasteiger partial charge in [0.1, 0.15) is 0 Å². The Kier molecular flexibility index (Phi) is 7.01. The van der Waals surface area contributed by atoms with E-state index in [1.54, 1.807) is 0 Å². The van der Waals surface area contributed by atoms with Crippen LogP contribution in [0.1, 0.15) is 46.0 Å². The second kappa shape index (κ2) is 8.04. The van der Waals surface area contributed by atoms with Gasteiger partial charge < -0.3 is 15.2 Å². The lowest BCUT2D eigenvalue weighted by atomic mass is 9.93. The van der Waals surface area contributed by atoms with Crippen molar-refractivity contribution in [3.63, 3.8) is 0 Å². The summed E-state index contributed by atoms with van der Waals surface area (Å²) in [5, 5.41) is 13.5. The SMILES string of the molecule is CCCCC(C)NCC(O)C1CCOCC1. The molecule has 1 heterocycles. The van der Waals surface area contributed by atoms with Gasteiger partial charge in [0.05, 0.1) is 6.10 Å². The average molecular weight is 229 g/mol. The van der Waals surface area contributed by atoms with Crippen LogP contribution in [0.15, 0.2) is 0 Å². The van der Waals surface area contributed by atoms with Crippen molar-refractivity contribution >= 4 is 0 Å². The van der Waals surface area contributed by atoms with Crippen LogP contribution in [0.5, 0.6) is 0 Å². The molecule has 1 fully saturated rings. The van der Waals surface area contributed by atoms with Crippen LogP contribution < -0.4 is 5.32 Å². The summed E-state index contributed by atoms with van der Waals surface area (Å²) in [7, 11) is 0. The van der Waals surface area contributed by atoms with Crippen LogP contribution in [0.3, 0.4) is 0 Å². The Bertz CT molecular complexity index is 169. The number of unbranched alkanes of at least 4 members (excludes halogenated alkanes) is 1. The number of hydrogen-bond donors (Lipinski definition) is 2. The van der Waals surface area contributed by atoms with Crippen LogP contribution >= 0.6 is 0 Å². The first-order valence-corrected chi connectivity index (χ1v) is 6.73. The van der Waals surface area contributed by atoms with Crippen LogP contribution in [0, 0.1) is 5.92 Å². The number of ether oxygens (including phenoxy) is 1. The molecule has 2 unspecified atom stereocenters. The molecule has 0 aliphatic carbocycles. The van der Waals surface area contributed by atoms with Gasteiger partial charge in [0, 0.05) is 25.8 Å². The van der Waals surface area contributed by atoms with E-state index in [2.05, 4.69) is 19.2 Å². The van der Waals surface area contributed by atoms with E-state index in [1.165, 1.54) is 19.3 Å². The van der Waals surface area contributed by atoms with E-state index in [0.29, 0.717) is 12.0 Å². The molecule has 0 saturated carbocycles. The molecule has 0 radical (unpaired) electrons. The molecular formula is C13H27NO2. The third-order valence-electron chi connectivity index (χ3n) is 3.48. The van der Waals surface area contributed by atoms with Gasteiger partial charge >= 0.3 is 0 Å². The summed E-state index contributed by atoms with van der Waals surface area (Å²) in [6.07, 6.45) is 5.53. The maximum Gasteiger partial charge on any atom is 0.0694 e. The Hall–Kier alpha value is -0.120. The van der Waals surface area contributed by atoms with Crippen molar-refractivity contribution in [2.75, 3.05) is 19.8 Å². The van der Waals surface area contributed by atoms with Crippen molar-refractivity contribution < 1.29 is 9.84 Å². The van der Waals surface area contributed by atoms with E-state index >= 15 is 0 Å². The maximum atomic E-state index is 10.0. The van der Waals surface area contributed by atoms with Gasteiger partial charge in [0.2, 0.25) is 0 Å². The molecule has 0 spiro atoms. The number of aliphatic hydroxyl groups is 1. The zero-order chi connectivity index (χ0) is 11.8. The van der Waals surface area contributed by atoms with Crippen molar-refractivity contribution in [1.82, 2.24) is 5.32 Å². The van der Waals surface area contributed by atoms with E-state index in [0.717, 1.165) is 32.6 Å². The van der Waals surface area contributed by atoms with Crippen LogP contribution in [0.4, 0.5) is 0 Å². The zero-order valence-corrected chi connectivity index (χ0v) is 10.7. The van der Waals surface area contributed by atoms with E-state index in [9.17, 15) is 5.11 Å². The fourth-order valence-electron chi connectivity index (χ4n) is 2.20. The van der Waals surface area contributed by atoms with Crippen molar-refractivity contribution in [1.29, 1.82) is 0 Å². The standard InChI is InChI=1S/C13H27NO2/c1-3-4-5-11(2)14-10-13(15)12-6-8-16-9-7-12/h11-15H,3-10H2,1-2H3. The molecular weight excluding hydrogens is 202 g/mol. The van der Waals surface area contributed by atoms with Crippen LogP contribution in [-0.2, 0) is 4.74 Å². The van der Waals surface area contributed by atoms with Gasteiger partial charge in [0.25, 0.3) is 0 Å². The van der Waals surface area contributed by atoms with Crippen molar-refractivity contribution in [3.05, 3.63) is 0 Å². The Morgan fingerprint density at radius 1 is 1.38 bits per heavy atom. The minimum absolute atomic E-state index is 0.201. The lowest BCUT2D eigenvalue weighted by Gasteiger charge is -2.27. The van der Waals surface area contributed by atoms with E-state index in [4.69, 9.17) is 4.74 Å². The Morgan fingerprint density at radius 3 is 2.69 bits per heavy atom. The topological polar surface area (TPSA) is 41.5 Å². The van der Waals surface area contributed by atoms with Crippen molar-refractivity contribution in [2.45, 2.75) is 58.1 Å². The normalized spacial score (nSPS) is 21.9. The van der Waals surface area contributed by atoms with Gasteiger partial charge in [-0.1, -0.05) is 19.8 Å². The lowest BCUT2D eigenvalue weighted by molar-refractivity contribution is 0.00771. The monoisotopic (exact) mass is 229 g/mol. The lowest BCUT2D eigenvalue weighted by Crippen LogP contribution is -2.39. The Labute approximate surface area is 99.6 Å². The molecule has 3 heteroatoms. The molecule has 1 saturated heterocycles. The molecule has 96 valence electrons. The summed E-state index contributed by atoms with van der Waals surface area (Å²) in [6, 6.07) is 0.523. The average Bonchev–Trinajstić information content (AvgIpc) is 2.34. The fourth-order valence-corrected chi connectivity index (χ4v) is 2.20. The molecule has 0 bridgehead atoms. The second-order valence-corrected chi connectivity index (χ2v) is 4.97. The van der Waals surface area contributed by atoms with Crippen molar-refractivity contribution in [3.8, 4) is 0 Å². The van der Waals surface area contributed by atoms with E-state index in [1.807, 2.05) is 0 Å². The van der Waals surface area contributed by atoms with Crippen LogP contribution in [-0.4, -0.2) is 37.0 Å². The molecule has 2 atom stereocenters. The Balaban J connectivity index is 2.10. The molecule has 1 rings (SSSR count). The minimum atomic E-state index is -0.201. The number of hydrogen-bond acceptors (Lipinski definition) is 3. The number of nitrogens with one attached hydrogen (secondary N) is 1. The van der Waals surface area contributed by atoms with Crippen LogP contribution in [0.25, 0.3) is 0 Å². The largest absolute Gasteiger partial charge is 0.392 e. The highest BCUT2D eigenvalue weighted by Gasteiger charge is 2.21. The summed E-state index contributed by atoms with van der Waals surface area (Å²) in [5.41, 5.74) is 0. The smallest absolute Gasteiger partial charge is 0.0694 e. The molecule has 0 aromatic heterocycles. The third kappa shape index (κ3) is 5.28. The maximum absolute atomic E-state index is 10.0.